The van der Waals surface area contributed by atoms with Crippen molar-refractivity contribution < 1.29 is 9.59 Å². The predicted octanol–water partition coefficient (Wildman–Crippen LogP) is 2.94. The molecule has 4 rings (SSSR count). The van der Waals surface area contributed by atoms with Crippen LogP contribution >= 0.6 is 11.3 Å². The number of carbonyl (C=O) groups excluding carboxylic acids is 2. The molecule has 0 N–H and O–H groups in total. The highest BCUT2D eigenvalue weighted by molar-refractivity contribution is 7.12. The summed E-state index contributed by atoms with van der Waals surface area (Å²) in [5, 5.41) is 1.90. The van der Waals surface area contributed by atoms with Crippen molar-refractivity contribution in [2.24, 2.45) is 0 Å². The molecule has 0 unspecified atom stereocenters. The van der Waals surface area contributed by atoms with E-state index in [9.17, 15) is 9.59 Å². The van der Waals surface area contributed by atoms with Gasteiger partial charge < -0.3 is 9.80 Å². The molecule has 23 heavy (non-hydrogen) atoms. The maximum Gasteiger partial charge on any atom is 0.264 e. The number of fused-ring (bicyclic) bond motifs is 1. The SMILES string of the molecule is O=C([C@@H]1CCCN1C(=O)c1cccs1)N1CCc2ccccc21. The first kappa shape index (κ1) is 14.5. The highest BCUT2D eigenvalue weighted by Crippen LogP contribution is 2.31. The van der Waals surface area contributed by atoms with Gasteiger partial charge in [0.1, 0.15) is 6.04 Å². The molecular weight excluding hydrogens is 308 g/mol. The van der Waals surface area contributed by atoms with Crippen LogP contribution < -0.4 is 4.90 Å². The summed E-state index contributed by atoms with van der Waals surface area (Å²) in [5.74, 6) is 0.0562. The fourth-order valence-electron chi connectivity index (χ4n) is 3.56. The normalized spacial score (nSPS) is 19.9. The lowest BCUT2D eigenvalue weighted by molar-refractivity contribution is -0.122. The minimum absolute atomic E-state index is 0.0108. The predicted molar refractivity (Wildman–Crippen MR) is 90.9 cm³/mol. The zero-order valence-electron chi connectivity index (χ0n) is 12.8. The first-order valence-corrected chi connectivity index (χ1v) is 8.87. The van der Waals surface area contributed by atoms with Gasteiger partial charge in [0.25, 0.3) is 5.91 Å². The van der Waals surface area contributed by atoms with Crippen LogP contribution in [0.1, 0.15) is 28.1 Å². The van der Waals surface area contributed by atoms with Crippen molar-refractivity contribution in [2.75, 3.05) is 18.0 Å². The van der Waals surface area contributed by atoms with E-state index in [2.05, 4.69) is 6.07 Å². The Morgan fingerprint density at radius 3 is 2.78 bits per heavy atom. The van der Waals surface area contributed by atoms with E-state index < -0.39 is 0 Å². The molecule has 2 aromatic rings. The van der Waals surface area contributed by atoms with Crippen molar-refractivity contribution in [1.82, 2.24) is 4.90 Å². The third-order valence-electron chi connectivity index (χ3n) is 4.68. The lowest BCUT2D eigenvalue weighted by atomic mass is 10.1. The molecule has 2 aliphatic rings. The molecule has 1 saturated heterocycles. The van der Waals surface area contributed by atoms with Gasteiger partial charge in [0.2, 0.25) is 5.91 Å². The standard InChI is InChI=1S/C18H18N2O2S/c21-17(20-11-9-13-5-1-2-6-14(13)20)15-7-3-10-19(15)18(22)16-8-4-12-23-16/h1-2,4-6,8,12,15H,3,7,9-11H2/t15-/m0/s1. The Hall–Kier alpha value is -2.14. The van der Waals surface area contributed by atoms with E-state index >= 15 is 0 Å². The smallest absolute Gasteiger partial charge is 0.264 e. The number of hydrogen-bond donors (Lipinski definition) is 0. The zero-order chi connectivity index (χ0) is 15.8. The second-order valence-corrected chi connectivity index (χ2v) is 6.95. The van der Waals surface area contributed by atoms with E-state index in [0.29, 0.717) is 11.4 Å². The van der Waals surface area contributed by atoms with Crippen LogP contribution in [0.2, 0.25) is 0 Å². The van der Waals surface area contributed by atoms with E-state index in [4.69, 9.17) is 0 Å². The Bertz CT molecular complexity index is 741. The van der Waals surface area contributed by atoms with Crippen LogP contribution in [0.25, 0.3) is 0 Å². The van der Waals surface area contributed by atoms with Gasteiger partial charge in [-0.3, -0.25) is 9.59 Å². The second-order valence-electron chi connectivity index (χ2n) is 6.00. The number of rotatable bonds is 2. The topological polar surface area (TPSA) is 40.6 Å². The summed E-state index contributed by atoms with van der Waals surface area (Å²) < 4.78 is 0. The average molecular weight is 326 g/mol. The Morgan fingerprint density at radius 1 is 1.09 bits per heavy atom. The molecule has 1 fully saturated rings. The fourth-order valence-corrected chi connectivity index (χ4v) is 4.23. The number of likely N-dealkylation sites (tertiary alicyclic amines) is 1. The minimum Gasteiger partial charge on any atom is -0.326 e. The maximum absolute atomic E-state index is 13.0. The zero-order valence-corrected chi connectivity index (χ0v) is 13.6. The van der Waals surface area contributed by atoms with E-state index in [-0.39, 0.29) is 17.9 Å². The molecular formula is C18H18N2O2S. The van der Waals surface area contributed by atoms with Gasteiger partial charge in [0, 0.05) is 18.8 Å². The van der Waals surface area contributed by atoms with Gasteiger partial charge in [-0.05, 0) is 42.3 Å². The van der Waals surface area contributed by atoms with Gasteiger partial charge in [0.15, 0.2) is 0 Å². The summed E-state index contributed by atoms with van der Waals surface area (Å²) in [4.78, 5) is 30.0. The summed E-state index contributed by atoms with van der Waals surface area (Å²) in [6.07, 6.45) is 2.55. The minimum atomic E-state index is -0.323. The summed E-state index contributed by atoms with van der Waals surface area (Å²) in [7, 11) is 0. The first-order chi connectivity index (χ1) is 11.3. The number of benzene rings is 1. The molecule has 0 spiro atoms. The van der Waals surface area contributed by atoms with Crippen LogP contribution in [-0.4, -0.2) is 35.8 Å². The third-order valence-corrected chi connectivity index (χ3v) is 5.54. The number of para-hydroxylation sites is 1. The van der Waals surface area contributed by atoms with Crippen molar-refractivity contribution in [2.45, 2.75) is 25.3 Å². The van der Waals surface area contributed by atoms with Crippen molar-refractivity contribution in [3.63, 3.8) is 0 Å². The molecule has 118 valence electrons. The van der Waals surface area contributed by atoms with Crippen LogP contribution in [-0.2, 0) is 11.2 Å². The van der Waals surface area contributed by atoms with Crippen LogP contribution in [0.15, 0.2) is 41.8 Å². The number of anilines is 1. The van der Waals surface area contributed by atoms with Gasteiger partial charge in [0.05, 0.1) is 4.88 Å². The molecule has 5 heteroatoms. The summed E-state index contributed by atoms with van der Waals surface area (Å²) in [6.45, 7) is 1.39. The monoisotopic (exact) mass is 326 g/mol. The van der Waals surface area contributed by atoms with Gasteiger partial charge in [-0.2, -0.15) is 0 Å². The Kier molecular flexibility index (Phi) is 3.65. The third kappa shape index (κ3) is 2.45. The van der Waals surface area contributed by atoms with Crippen LogP contribution in [0.3, 0.4) is 0 Å². The molecule has 4 nitrogen and oxygen atoms in total. The largest absolute Gasteiger partial charge is 0.326 e. The van der Waals surface area contributed by atoms with E-state index in [1.165, 1.54) is 16.9 Å². The molecule has 3 heterocycles. The number of thiophene rings is 1. The van der Waals surface area contributed by atoms with Gasteiger partial charge in [-0.25, -0.2) is 0 Å². The Balaban J connectivity index is 1.58. The highest BCUT2D eigenvalue weighted by atomic mass is 32.1. The van der Waals surface area contributed by atoms with Crippen molar-refractivity contribution in [3.05, 3.63) is 52.2 Å². The van der Waals surface area contributed by atoms with E-state index in [1.54, 1.807) is 4.90 Å². The van der Waals surface area contributed by atoms with Crippen molar-refractivity contribution >= 4 is 28.8 Å². The van der Waals surface area contributed by atoms with Gasteiger partial charge >= 0.3 is 0 Å². The molecule has 1 aromatic carbocycles. The molecule has 1 aromatic heterocycles. The Labute approximate surface area is 139 Å². The number of hydrogen-bond acceptors (Lipinski definition) is 3. The maximum atomic E-state index is 13.0. The molecule has 2 amide bonds. The van der Waals surface area contributed by atoms with Crippen molar-refractivity contribution in [1.29, 1.82) is 0 Å². The fraction of sp³-hybridized carbons (Fsp3) is 0.333. The van der Waals surface area contributed by atoms with Crippen LogP contribution in [0.5, 0.6) is 0 Å². The van der Waals surface area contributed by atoms with Crippen LogP contribution in [0.4, 0.5) is 5.69 Å². The second kappa shape index (κ2) is 5.81. The van der Waals surface area contributed by atoms with E-state index in [1.807, 2.05) is 40.6 Å². The van der Waals surface area contributed by atoms with Gasteiger partial charge in [-0.1, -0.05) is 24.3 Å². The average Bonchev–Trinajstić information content (AvgIpc) is 3.33. The highest BCUT2D eigenvalue weighted by Gasteiger charge is 2.39. The van der Waals surface area contributed by atoms with Gasteiger partial charge in [-0.15, -0.1) is 11.3 Å². The summed E-state index contributed by atoms with van der Waals surface area (Å²) in [5.41, 5.74) is 2.22. The molecule has 1 atom stereocenters. The Morgan fingerprint density at radius 2 is 1.96 bits per heavy atom. The number of nitrogens with zero attached hydrogens (tertiary/aromatic N) is 2. The molecule has 2 aliphatic heterocycles. The molecule has 0 bridgehead atoms. The lowest BCUT2D eigenvalue weighted by Crippen LogP contribution is -2.47. The quantitative estimate of drug-likeness (QED) is 0.851. The molecule has 0 saturated carbocycles. The number of amides is 2. The van der Waals surface area contributed by atoms with E-state index in [0.717, 1.165) is 31.5 Å². The van der Waals surface area contributed by atoms with Crippen molar-refractivity contribution in [3.8, 4) is 0 Å². The molecule has 0 aliphatic carbocycles. The van der Waals surface area contributed by atoms with Crippen LogP contribution in [0, 0.1) is 0 Å². The summed E-state index contributed by atoms with van der Waals surface area (Å²) in [6, 6.07) is 11.4. The number of carbonyl (C=O) groups is 2. The first-order valence-electron chi connectivity index (χ1n) is 7.99. The summed E-state index contributed by atoms with van der Waals surface area (Å²) >= 11 is 1.44. The molecule has 0 radical (unpaired) electrons. The lowest BCUT2D eigenvalue weighted by Gasteiger charge is -2.28.